The van der Waals surface area contributed by atoms with Crippen molar-refractivity contribution in [3.05, 3.63) is 41.7 Å². The zero-order valence-corrected chi connectivity index (χ0v) is 14.4. The molecule has 0 aromatic carbocycles. The van der Waals surface area contributed by atoms with Gasteiger partial charge in [-0.2, -0.15) is 0 Å². The fraction of sp³-hybridized carbons (Fsp3) is 0.529. The highest BCUT2D eigenvalue weighted by Crippen LogP contribution is 2.05. The van der Waals surface area contributed by atoms with E-state index in [0.717, 1.165) is 31.9 Å². The SMILES string of the molecule is C=CCCCCCN(C)C(=NC)NCCc1ccc(Cl)nc1. The molecule has 0 amide bonds. The summed E-state index contributed by atoms with van der Waals surface area (Å²) in [7, 11) is 3.90. The molecule has 122 valence electrons. The van der Waals surface area contributed by atoms with Crippen LogP contribution in [0.15, 0.2) is 36.0 Å². The first-order valence-electron chi connectivity index (χ1n) is 7.80. The molecule has 0 spiro atoms. The predicted octanol–water partition coefficient (Wildman–Crippen LogP) is 3.53. The number of allylic oxidation sites excluding steroid dienone is 1. The van der Waals surface area contributed by atoms with Crippen LogP contribution in [0.4, 0.5) is 0 Å². The number of nitrogens with zero attached hydrogens (tertiary/aromatic N) is 3. The number of hydrogen-bond donors (Lipinski definition) is 1. The Morgan fingerprint density at radius 2 is 2.23 bits per heavy atom. The first-order chi connectivity index (χ1) is 10.7. The number of aliphatic imine (C=N–C) groups is 1. The third-order valence-electron chi connectivity index (χ3n) is 3.46. The summed E-state index contributed by atoms with van der Waals surface area (Å²) in [6, 6.07) is 3.82. The first-order valence-corrected chi connectivity index (χ1v) is 8.18. The van der Waals surface area contributed by atoms with Gasteiger partial charge in [-0.15, -0.1) is 6.58 Å². The van der Waals surface area contributed by atoms with Crippen molar-refractivity contribution in [1.29, 1.82) is 0 Å². The summed E-state index contributed by atoms with van der Waals surface area (Å²) in [6.45, 7) is 5.59. The normalized spacial score (nSPS) is 11.3. The minimum atomic E-state index is 0.531. The Kier molecular flexibility index (Phi) is 9.31. The maximum Gasteiger partial charge on any atom is 0.193 e. The van der Waals surface area contributed by atoms with Crippen molar-refractivity contribution in [2.24, 2.45) is 4.99 Å². The van der Waals surface area contributed by atoms with Crippen molar-refractivity contribution in [2.45, 2.75) is 32.1 Å². The molecule has 1 heterocycles. The van der Waals surface area contributed by atoms with E-state index in [1.54, 1.807) is 0 Å². The summed E-state index contributed by atoms with van der Waals surface area (Å²) in [6.07, 6.45) is 9.41. The summed E-state index contributed by atoms with van der Waals surface area (Å²) >= 11 is 5.78. The van der Waals surface area contributed by atoms with Gasteiger partial charge in [0.05, 0.1) is 0 Å². The standard InChI is InChI=1S/C17H27ClN4/c1-4-5-6-7-8-13-22(3)17(19-2)20-12-11-15-9-10-16(18)21-14-15/h4,9-10,14H,1,5-8,11-13H2,2-3H3,(H,19,20). The van der Waals surface area contributed by atoms with E-state index in [4.69, 9.17) is 11.6 Å². The average molecular weight is 323 g/mol. The van der Waals surface area contributed by atoms with Gasteiger partial charge in [0.2, 0.25) is 0 Å². The lowest BCUT2D eigenvalue weighted by molar-refractivity contribution is 0.455. The summed E-state index contributed by atoms with van der Waals surface area (Å²) in [5.74, 6) is 0.936. The van der Waals surface area contributed by atoms with E-state index < -0.39 is 0 Å². The zero-order chi connectivity index (χ0) is 16.2. The van der Waals surface area contributed by atoms with Crippen molar-refractivity contribution >= 4 is 17.6 Å². The van der Waals surface area contributed by atoms with Crippen molar-refractivity contribution < 1.29 is 0 Å². The Hall–Kier alpha value is -1.55. The molecule has 0 bridgehead atoms. The lowest BCUT2D eigenvalue weighted by Crippen LogP contribution is -2.40. The van der Waals surface area contributed by atoms with Gasteiger partial charge in [0, 0.05) is 33.4 Å². The lowest BCUT2D eigenvalue weighted by Gasteiger charge is -2.22. The second kappa shape index (κ2) is 11.1. The van der Waals surface area contributed by atoms with Gasteiger partial charge >= 0.3 is 0 Å². The van der Waals surface area contributed by atoms with Crippen molar-refractivity contribution in [3.8, 4) is 0 Å². The molecule has 5 heteroatoms. The highest BCUT2D eigenvalue weighted by molar-refractivity contribution is 6.29. The van der Waals surface area contributed by atoms with Gasteiger partial charge in [-0.3, -0.25) is 4.99 Å². The number of nitrogens with one attached hydrogen (secondary N) is 1. The minimum absolute atomic E-state index is 0.531. The smallest absolute Gasteiger partial charge is 0.193 e. The number of rotatable bonds is 9. The molecule has 0 aliphatic heterocycles. The van der Waals surface area contributed by atoms with Crippen LogP contribution in [0.2, 0.25) is 5.15 Å². The van der Waals surface area contributed by atoms with E-state index >= 15 is 0 Å². The van der Waals surface area contributed by atoms with Crippen molar-refractivity contribution in [3.63, 3.8) is 0 Å². The Bertz CT molecular complexity index is 456. The van der Waals surface area contributed by atoms with Crippen molar-refractivity contribution in [2.75, 3.05) is 27.2 Å². The van der Waals surface area contributed by atoms with Crippen LogP contribution in [0.3, 0.4) is 0 Å². The van der Waals surface area contributed by atoms with Crippen LogP contribution >= 0.6 is 11.6 Å². The van der Waals surface area contributed by atoms with E-state index in [2.05, 4.69) is 33.8 Å². The Morgan fingerprint density at radius 1 is 1.41 bits per heavy atom. The van der Waals surface area contributed by atoms with Crippen LogP contribution in [0.25, 0.3) is 0 Å². The molecule has 0 unspecified atom stereocenters. The maximum atomic E-state index is 5.78. The van der Waals surface area contributed by atoms with Crippen LogP contribution < -0.4 is 5.32 Å². The number of unbranched alkanes of at least 4 members (excludes halogenated alkanes) is 3. The van der Waals surface area contributed by atoms with Gasteiger partial charge in [-0.05, 0) is 37.3 Å². The summed E-state index contributed by atoms with van der Waals surface area (Å²) in [5.41, 5.74) is 1.17. The molecule has 0 saturated carbocycles. The molecule has 1 aromatic heterocycles. The van der Waals surface area contributed by atoms with Crippen LogP contribution in [-0.4, -0.2) is 43.0 Å². The largest absolute Gasteiger partial charge is 0.356 e. The molecule has 1 N–H and O–H groups in total. The number of guanidine groups is 1. The highest BCUT2D eigenvalue weighted by Gasteiger charge is 2.05. The van der Waals surface area contributed by atoms with Crippen LogP contribution in [0.1, 0.15) is 31.2 Å². The van der Waals surface area contributed by atoms with Gasteiger partial charge in [-0.25, -0.2) is 4.98 Å². The Morgan fingerprint density at radius 3 is 2.86 bits per heavy atom. The van der Waals surface area contributed by atoms with E-state index in [9.17, 15) is 0 Å². The third-order valence-corrected chi connectivity index (χ3v) is 3.68. The van der Waals surface area contributed by atoms with E-state index in [-0.39, 0.29) is 0 Å². The molecule has 4 nitrogen and oxygen atoms in total. The van der Waals surface area contributed by atoms with Crippen LogP contribution in [0, 0.1) is 0 Å². The molecular formula is C17H27ClN4. The highest BCUT2D eigenvalue weighted by atomic mass is 35.5. The van der Waals surface area contributed by atoms with Gasteiger partial charge in [0.1, 0.15) is 5.15 Å². The molecule has 1 rings (SSSR count). The molecule has 22 heavy (non-hydrogen) atoms. The molecule has 1 aromatic rings. The molecule has 0 aliphatic rings. The molecule has 0 radical (unpaired) electrons. The van der Waals surface area contributed by atoms with Gasteiger partial charge < -0.3 is 10.2 Å². The fourth-order valence-electron chi connectivity index (χ4n) is 2.18. The monoisotopic (exact) mass is 322 g/mol. The zero-order valence-electron chi connectivity index (χ0n) is 13.7. The molecule has 0 atom stereocenters. The summed E-state index contributed by atoms with van der Waals surface area (Å²) in [4.78, 5) is 10.6. The number of hydrogen-bond acceptors (Lipinski definition) is 2. The first kappa shape index (κ1) is 18.5. The topological polar surface area (TPSA) is 40.5 Å². The quantitative estimate of drug-likeness (QED) is 0.248. The Labute approximate surface area is 139 Å². The number of pyridine rings is 1. The third kappa shape index (κ3) is 7.46. The number of halogens is 1. The number of aromatic nitrogens is 1. The summed E-state index contributed by atoms with van der Waals surface area (Å²) in [5, 5.41) is 3.91. The van der Waals surface area contributed by atoms with Crippen LogP contribution in [0.5, 0.6) is 0 Å². The molecule has 0 fully saturated rings. The maximum absolute atomic E-state index is 5.78. The minimum Gasteiger partial charge on any atom is -0.356 e. The summed E-state index contributed by atoms with van der Waals surface area (Å²) < 4.78 is 0. The van der Waals surface area contributed by atoms with Gasteiger partial charge in [0.25, 0.3) is 0 Å². The van der Waals surface area contributed by atoms with Crippen LogP contribution in [-0.2, 0) is 6.42 Å². The molecular weight excluding hydrogens is 296 g/mol. The average Bonchev–Trinajstić information content (AvgIpc) is 2.53. The van der Waals surface area contributed by atoms with E-state index in [1.165, 1.54) is 24.8 Å². The van der Waals surface area contributed by atoms with E-state index in [0.29, 0.717) is 5.15 Å². The Balaban J connectivity index is 2.26. The van der Waals surface area contributed by atoms with Crippen molar-refractivity contribution in [1.82, 2.24) is 15.2 Å². The van der Waals surface area contributed by atoms with E-state index in [1.807, 2.05) is 31.5 Å². The second-order valence-electron chi connectivity index (χ2n) is 5.27. The molecule has 0 aliphatic carbocycles. The molecule has 0 saturated heterocycles. The van der Waals surface area contributed by atoms with Gasteiger partial charge in [-0.1, -0.05) is 30.2 Å². The second-order valence-corrected chi connectivity index (χ2v) is 5.66. The predicted molar refractivity (Wildman–Crippen MR) is 95.6 cm³/mol. The van der Waals surface area contributed by atoms with Gasteiger partial charge in [0.15, 0.2) is 5.96 Å². The fourth-order valence-corrected chi connectivity index (χ4v) is 2.29. The lowest BCUT2D eigenvalue weighted by atomic mass is 10.2.